The summed E-state index contributed by atoms with van der Waals surface area (Å²) >= 11 is 6.28. The summed E-state index contributed by atoms with van der Waals surface area (Å²) in [5.74, 6) is 0. The third-order valence-corrected chi connectivity index (χ3v) is 3.87. The van der Waals surface area contributed by atoms with Gasteiger partial charge in [0.2, 0.25) is 0 Å². The van der Waals surface area contributed by atoms with Crippen molar-refractivity contribution in [2.45, 2.75) is 38.1 Å². The lowest BCUT2D eigenvalue weighted by atomic mass is 9.88. The zero-order valence-electron chi connectivity index (χ0n) is 10.6. The summed E-state index contributed by atoms with van der Waals surface area (Å²) in [7, 11) is 0. The van der Waals surface area contributed by atoms with Crippen molar-refractivity contribution in [3.8, 4) is 0 Å². The number of hydrogen-bond donors (Lipinski definition) is 2. The molecule has 98 valence electrons. The fourth-order valence-corrected chi connectivity index (χ4v) is 3.03. The molecule has 4 heteroatoms. The zero-order valence-corrected chi connectivity index (χ0v) is 11.4. The average molecular weight is 267 g/mol. The van der Waals surface area contributed by atoms with Crippen molar-refractivity contribution in [3.05, 3.63) is 34.9 Å². The van der Waals surface area contributed by atoms with Crippen LogP contribution < -0.4 is 10.6 Å². The van der Waals surface area contributed by atoms with Crippen LogP contribution in [0.15, 0.2) is 24.3 Å². The Morgan fingerprint density at radius 2 is 2.00 bits per heavy atom. The normalized spacial score (nSPS) is 17.4. The summed E-state index contributed by atoms with van der Waals surface area (Å²) in [5, 5.41) is 6.64. The highest BCUT2D eigenvalue weighted by atomic mass is 35.5. The monoisotopic (exact) mass is 266 g/mol. The van der Waals surface area contributed by atoms with Crippen molar-refractivity contribution < 1.29 is 4.79 Å². The molecule has 1 aliphatic rings. The Morgan fingerprint density at radius 3 is 2.61 bits per heavy atom. The van der Waals surface area contributed by atoms with Gasteiger partial charge in [0, 0.05) is 11.6 Å². The minimum absolute atomic E-state index is 0.112. The van der Waals surface area contributed by atoms with Crippen molar-refractivity contribution in [3.63, 3.8) is 0 Å². The van der Waals surface area contributed by atoms with Crippen LogP contribution in [0.4, 0.5) is 4.79 Å². The molecule has 0 spiro atoms. The number of carbonyl (C=O) groups excluding carboxylic acids is 1. The van der Waals surface area contributed by atoms with Gasteiger partial charge in [0.25, 0.3) is 0 Å². The number of urea groups is 1. The molecule has 0 aromatic heterocycles. The Morgan fingerprint density at radius 1 is 1.33 bits per heavy atom. The van der Waals surface area contributed by atoms with Crippen molar-refractivity contribution in [2.75, 3.05) is 6.54 Å². The molecule has 0 radical (unpaired) electrons. The smallest absolute Gasteiger partial charge is 0.315 e. The molecule has 0 heterocycles. The lowest BCUT2D eigenvalue weighted by Crippen LogP contribution is -2.48. The van der Waals surface area contributed by atoms with Crippen LogP contribution in [0.1, 0.15) is 38.2 Å². The molecule has 1 fully saturated rings. The Labute approximate surface area is 113 Å². The molecule has 0 aliphatic heterocycles. The molecule has 1 aromatic rings. The standard InChI is InChI=1S/C14H19ClN2O/c1-2-16-13(18)17-14(9-5-6-10-14)11-7-3-4-8-12(11)15/h3-4,7-8H,2,5-6,9-10H2,1H3,(H2,16,17,18). The van der Waals surface area contributed by atoms with Gasteiger partial charge in [0.05, 0.1) is 5.54 Å². The van der Waals surface area contributed by atoms with Crippen LogP contribution in [-0.2, 0) is 5.54 Å². The molecule has 2 amide bonds. The summed E-state index contributed by atoms with van der Waals surface area (Å²) in [6.07, 6.45) is 4.15. The zero-order chi connectivity index (χ0) is 13.0. The van der Waals surface area contributed by atoms with Crippen molar-refractivity contribution in [2.24, 2.45) is 0 Å². The SMILES string of the molecule is CCNC(=O)NC1(c2ccccc2Cl)CCCC1. The predicted molar refractivity (Wildman–Crippen MR) is 73.8 cm³/mol. The van der Waals surface area contributed by atoms with Crippen LogP contribution in [0.5, 0.6) is 0 Å². The maximum atomic E-state index is 11.8. The van der Waals surface area contributed by atoms with Crippen molar-refractivity contribution in [1.29, 1.82) is 0 Å². The quantitative estimate of drug-likeness (QED) is 0.865. The number of amides is 2. The molecule has 3 nitrogen and oxygen atoms in total. The molecule has 2 rings (SSSR count). The molecule has 0 atom stereocenters. The van der Waals surface area contributed by atoms with Crippen LogP contribution in [-0.4, -0.2) is 12.6 Å². The Hall–Kier alpha value is -1.22. The Bertz CT molecular complexity index is 428. The number of nitrogens with one attached hydrogen (secondary N) is 2. The number of halogens is 1. The van der Waals surface area contributed by atoms with Gasteiger partial charge in [-0.15, -0.1) is 0 Å². The van der Waals surface area contributed by atoms with E-state index in [-0.39, 0.29) is 11.6 Å². The van der Waals surface area contributed by atoms with Crippen LogP contribution >= 0.6 is 11.6 Å². The predicted octanol–water partition coefficient (Wildman–Crippen LogP) is 3.43. The van der Waals surface area contributed by atoms with Gasteiger partial charge in [-0.1, -0.05) is 42.6 Å². The fourth-order valence-electron chi connectivity index (χ4n) is 2.71. The number of carbonyl (C=O) groups is 1. The first-order valence-corrected chi connectivity index (χ1v) is 6.87. The second-order valence-electron chi connectivity index (χ2n) is 4.75. The third kappa shape index (κ3) is 2.61. The van der Waals surface area contributed by atoms with E-state index in [1.54, 1.807) is 0 Å². The maximum Gasteiger partial charge on any atom is 0.315 e. The fraction of sp³-hybridized carbons (Fsp3) is 0.500. The maximum absolute atomic E-state index is 11.8. The molecule has 1 aliphatic carbocycles. The van der Waals surface area contributed by atoms with E-state index in [1.165, 1.54) is 0 Å². The lowest BCUT2D eigenvalue weighted by molar-refractivity contribution is 0.225. The molecule has 0 unspecified atom stereocenters. The first-order chi connectivity index (χ1) is 8.68. The Balaban J connectivity index is 2.27. The summed E-state index contributed by atoms with van der Waals surface area (Å²) in [6, 6.07) is 7.68. The van der Waals surface area contributed by atoms with E-state index in [0.717, 1.165) is 36.3 Å². The molecule has 1 aromatic carbocycles. The van der Waals surface area contributed by atoms with Gasteiger partial charge in [-0.3, -0.25) is 0 Å². The van der Waals surface area contributed by atoms with Gasteiger partial charge in [-0.2, -0.15) is 0 Å². The van der Waals surface area contributed by atoms with E-state index in [2.05, 4.69) is 10.6 Å². The first kappa shape index (κ1) is 13.2. The minimum atomic E-state index is -0.294. The average Bonchev–Trinajstić information content (AvgIpc) is 2.79. The van der Waals surface area contributed by atoms with Gasteiger partial charge in [0.1, 0.15) is 0 Å². The highest BCUT2D eigenvalue weighted by molar-refractivity contribution is 6.31. The second-order valence-corrected chi connectivity index (χ2v) is 5.16. The number of rotatable bonds is 3. The Kier molecular flexibility index (Phi) is 4.12. The summed E-state index contributed by atoms with van der Waals surface area (Å²) in [5.41, 5.74) is 0.743. The van der Waals surface area contributed by atoms with E-state index in [0.29, 0.717) is 6.54 Å². The van der Waals surface area contributed by atoms with Gasteiger partial charge < -0.3 is 10.6 Å². The van der Waals surface area contributed by atoms with Gasteiger partial charge in [-0.25, -0.2) is 4.79 Å². The lowest BCUT2D eigenvalue weighted by Gasteiger charge is -2.31. The summed E-state index contributed by atoms with van der Waals surface area (Å²) in [6.45, 7) is 2.54. The van der Waals surface area contributed by atoms with E-state index >= 15 is 0 Å². The number of hydrogen-bond acceptors (Lipinski definition) is 1. The molecule has 2 N–H and O–H groups in total. The van der Waals surface area contributed by atoms with E-state index in [1.807, 2.05) is 31.2 Å². The molecule has 1 saturated carbocycles. The highest BCUT2D eigenvalue weighted by Crippen LogP contribution is 2.41. The summed E-state index contributed by atoms with van der Waals surface area (Å²) < 4.78 is 0. The second kappa shape index (κ2) is 5.61. The summed E-state index contributed by atoms with van der Waals surface area (Å²) in [4.78, 5) is 11.8. The van der Waals surface area contributed by atoms with Crippen LogP contribution in [0.25, 0.3) is 0 Å². The molecular weight excluding hydrogens is 248 g/mol. The van der Waals surface area contributed by atoms with E-state index < -0.39 is 0 Å². The van der Waals surface area contributed by atoms with Crippen LogP contribution in [0, 0.1) is 0 Å². The minimum Gasteiger partial charge on any atom is -0.338 e. The molecule has 0 bridgehead atoms. The van der Waals surface area contributed by atoms with Crippen molar-refractivity contribution in [1.82, 2.24) is 10.6 Å². The van der Waals surface area contributed by atoms with Crippen LogP contribution in [0.3, 0.4) is 0 Å². The third-order valence-electron chi connectivity index (χ3n) is 3.54. The van der Waals surface area contributed by atoms with E-state index in [4.69, 9.17) is 11.6 Å². The molecule has 0 saturated heterocycles. The molecular formula is C14H19ClN2O. The topological polar surface area (TPSA) is 41.1 Å². The first-order valence-electron chi connectivity index (χ1n) is 6.49. The molecule has 18 heavy (non-hydrogen) atoms. The largest absolute Gasteiger partial charge is 0.338 e. The van der Waals surface area contributed by atoms with Gasteiger partial charge in [-0.05, 0) is 31.4 Å². The number of benzene rings is 1. The highest BCUT2D eigenvalue weighted by Gasteiger charge is 2.38. The van der Waals surface area contributed by atoms with Crippen molar-refractivity contribution >= 4 is 17.6 Å². The van der Waals surface area contributed by atoms with Gasteiger partial charge in [0.15, 0.2) is 0 Å². The van der Waals surface area contributed by atoms with E-state index in [9.17, 15) is 4.79 Å². The van der Waals surface area contributed by atoms with Crippen LogP contribution in [0.2, 0.25) is 5.02 Å². The van der Waals surface area contributed by atoms with Gasteiger partial charge >= 0.3 is 6.03 Å².